The van der Waals surface area contributed by atoms with E-state index in [9.17, 15) is 20.1 Å². The maximum atomic E-state index is 12.5. The van der Waals surface area contributed by atoms with Gasteiger partial charge in [0.05, 0.1) is 17.6 Å². The molecule has 4 heterocycles. The minimum atomic E-state index is -1.26. The lowest BCUT2D eigenvalue weighted by Crippen LogP contribution is -2.35. The molecule has 0 aromatic carbocycles. The normalized spacial score (nSPS) is 24.8. The van der Waals surface area contributed by atoms with E-state index in [2.05, 4.69) is 27.3 Å². The van der Waals surface area contributed by atoms with Gasteiger partial charge in [-0.2, -0.15) is 5.10 Å². The Morgan fingerprint density at radius 2 is 1.97 bits per heavy atom. The van der Waals surface area contributed by atoms with Gasteiger partial charge in [-0.05, 0) is 6.42 Å². The molecule has 2 aliphatic heterocycles. The fourth-order valence-electron chi connectivity index (χ4n) is 4.22. The van der Waals surface area contributed by atoms with Gasteiger partial charge >= 0.3 is 0 Å². The molecular formula is C21H30N6O5. The van der Waals surface area contributed by atoms with E-state index in [-0.39, 0.29) is 5.91 Å². The third kappa shape index (κ3) is 4.08. The summed E-state index contributed by atoms with van der Waals surface area (Å²) in [5.41, 5.74) is 1.07. The molecule has 1 amide bonds. The van der Waals surface area contributed by atoms with Crippen LogP contribution < -0.4 is 10.3 Å². The number of ether oxygens (including phenoxy) is 1. The topological polar surface area (TPSA) is 145 Å². The van der Waals surface area contributed by atoms with Gasteiger partial charge in [-0.15, -0.1) is 0 Å². The van der Waals surface area contributed by atoms with Crippen molar-refractivity contribution < 1.29 is 24.9 Å². The van der Waals surface area contributed by atoms with E-state index >= 15 is 0 Å². The van der Waals surface area contributed by atoms with Crippen molar-refractivity contribution in [3.05, 3.63) is 18.1 Å². The van der Waals surface area contributed by atoms with Crippen LogP contribution in [0.2, 0.25) is 0 Å². The van der Waals surface area contributed by atoms with Crippen LogP contribution in [0.4, 0.5) is 5.82 Å². The number of amidine groups is 1. The zero-order valence-corrected chi connectivity index (χ0v) is 18.3. The summed E-state index contributed by atoms with van der Waals surface area (Å²) in [4.78, 5) is 21.2. The zero-order chi connectivity index (χ0) is 22.8. The van der Waals surface area contributed by atoms with Crippen molar-refractivity contribution in [1.29, 1.82) is 0 Å². The van der Waals surface area contributed by atoms with Crippen molar-refractivity contribution in [3.63, 3.8) is 0 Å². The van der Waals surface area contributed by atoms with Gasteiger partial charge in [-0.25, -0.2) is 15.0 Å². The first-order chi connectivity index (χ1) is 15.5. The Morgan fingerprint density at radius 1 is 1.19 bits per heavy atom. The second-order valence-electron chi connectivity index (χ2n) is 8.26. The molecule has 4 rings (SSSR count). The van der Waals surface area contributed by atoms with E-state index < -0.39 is 31.1 Å². The van der Waals surface area contributed by atoms with Gasteiger partial charge in [0.1, 0.15) is 30.3 Å². The van der Waals surface area contributed by atoms with E-state index in [1.165, 1.54) is 12.7 Å². The minimum absolute atomic E-state index is 0.122. The van der Waals surface area contributed by atoms with Crippen LogP contribution in [-0.4, -0.2) is 73.6 Å². The molecule has 32 heavy (non-hydrogen) atoms. The highest BCUT2D eigenvalue weighted by Crippen LogP contribution is 2.37. The Hall–Kier alpha value is -2.60. The first kappa shape index (κ1) is 22.6. The highest BCUT2D eigenvalue weighted by atomic mass is 16.6. The molecule has 1 unspecified atom stereocenters. The lowest BCUT2D eigenvalue weighted by Gasteiger charge is -2.21. The molecule has 0 spiro atoms. The molecule has 174 valence electrons. The SMILES string of the molecule is CCCCCCCC(=O)NC1=NN(C)c2ncnc3c2c1cn3C1O[C@H](CO)[C@@H](O)[C@H]1O. The zero-order valence-electron chi connectivity index (χ0n) is 18.3. The molecule has 1 fully saturated rings. The molecule has 11 heteroatoms. The number of unbranched alkanes of at least 4 members (excludes halogenated alkanes) is 4. The molecule has 0 bridgehead atoms. The van der Waals surface area contributed by atoms with Gasteiger partial charge in [0.15, 0.2) is 17.9 Å². The van der Waals surface area contributed by atoms with Crippen LogP contribution in [0.25, 0.3) is 11.0 Å². The van der Waals surface area contributed by atoms with Gasteiger partial charge in [-0.1, -0.05) is 32.6 Å². The molecular weight excluding hydrogens is 416 g/mol. The van der Waals surface area contributed by atoms with E-state index in [1.54, 1.807) is 22.8 Å². The fourth-order valence-corrected chi connectivity index (χ4v) is 4.22. The number of carbonyl (C=O) groups excluding carboxylic acids is 1. The summed E-state index contributed by atoms with van der Waals surface area (Å²) in [5, 5.41) is 39.7. The number of nitrogens with one attached hydrogen (secondary N) is 1. The standard InChI is InChI=1S/C21H30N6O5/c1-3-4-5-6-7-8-14(29)24-18-12-9-27(21-17(31)16(30)13(10-28)32-21)20-15(12)19(22-11-23-20)26(2)25-18/h9,11,13,16-17,21,28,30-31H,3-8,10H2,1-2H3,(H,24,25,29)/t13-,16-,17-,21?/m1/s1. The number of carbonyl (C=O) groups is 1. The molecule has 4 atom stereocenters. The average molecular weight is 447 g/mol. The smallest absolute Gasteiger partial charge is 0.225 e. The molecule has 1 saturated heterocycles. The number of rotatable bonds is 8. The third-order valence-corrected chi connectivity index (χ3v) is 5.96. The minimum Gasteiger partial charge on any atom is -0.394 e. The quantitative estimate of drug-likeness (QED) is 0.432. The highest BCUT2D eigenvalue weighted by molar-refractivity contribution is 6.18. The van der Waals surface area contributed by atoms with Crippen LogP contribution >= 0.6 is 0 Å². The Bertz CT molecular complexity index is 1010. The van der Waals surface area contributed by atoms with Crippen molar-refractivity contribution in [2.75, 3.05) is 18.7 Å². The summed E-state index contributed by atoms with van der Waals surface area (Å²) in [6.45, 7) is 1.73. The monoisotopic (exact) mass is 446 g/mol. The largest absolute Gasteiger partial charge is 0.394 e. The Balaban J connectivity index is 1.60. The summed E-state index contributed by atoms with van der Waals surface area (Å²) >= 11 is 0. The Morgan fingerprint density at radius 3 is 2.69 bits per heavy atom. The molecule has 2 aliphatic rings. The lowest BCUT2D eigenvalue weighted by molar-refractivity contribution is -0.119. The van der Waals surface area contributed by atoms with Crippen LogP contribution in [0.15, 0.2) is 17.6 Å². The molecule has 0 radical (unpaired) electrons. The highest BCUT2D eigenvalue weighted by Gasteiger charge is 2.44. The maximum absolute atomic E-state index is 12.5. The van der Waals surface area contributed by atoms with Crippen LogP contribution in [0, 0.1) is 0 Å². The van der Waals surface area contributed by atoms with E-state index in [4.69, 9.17) is 4.74 Å². The molecule has 0 aliphatic carbocycles. The van der Waals surface area contributed by atoms with Crippen LogP contribution in [0.3, 0.4) is 0 Å². The van der Waals surface area contributed by atoms with Crippen LogP contribution in [0.5, 0.6) is 0 Å². The fraction of sp³-hybridized carbons (Fsp3) is 0.619. The Labute approximate surface area is 185 Å². The van der Waals surface area contributed by atoms with Crippen molar-refractivity contribution >= 4 is 28.6 Å². The predicted octanol–water partition coefficient (Wildman–Crippen LogP) is 0.631. The maximum Gasteiger partial charge on any atom is 0.225 e. The first-order valence-electron chi connectivity index (χ1n) is 11.1. The van der Waals surface area contributed by atoms with Crippen molar-refractivity contribution in [2.24, 2.45) is 5.10 Å². The van der Waals surface area contributed by atoms with Crippen molar-refractivity contribution in [1.82, 2.24) is 19.9 Å². The summed E-state index contributed by atoms with van der Waals surface area (Å²) in [5.74, 6) is 0.791. The number of nitrogens with zero attached hydrogens (tertiary/aromatic N) is 5. The summed E-state index contributed by atoms with van der Waals surface area (Å²) in [6, 6.07) is 0. The molecule has 2 aromatic rings. The average Bonchev–Trinajstić information content (AvgIpc) is 3.30. The number of anilines is 1. The summed E-state index contributed by atoms with van der Waals surface area (Å²) in [7, 11) is 1.73. The van der Waals surface area contributed by atoms with E-state index in [0.29, 0.717) is 34.7 Å². The molecule has 4 N–H and O–H groups in total. The van der Waals surface area contributed by atoms with Crippen molar-refractivity contribution in [2.45, 2.75) is 70.0 Å². The van der Waals surface area contributed by atoms with E-state index in [0.717, 1.165) is 25.7 Å². The Kier molecular flexibility index (Phi) is 6.70. The van der Waals surface area contributed by atoms with E-state index in [1.807, 2.05) is 0 Å². The molecule has 2 aromatic heterocycles. The van der Waals surface area contributed by atoms with Crippen LogP contribution in [-0.2, 0) is 9.53 Å². The van der Waals surface area contributed by atoms with Crippen molar-refractivity contribution in [3.8, 4) is 0 Å². The second-order valence-corrected chi connectivity index (χ2v) is 8.26. The number of hydrogen-bond acceptors (Lipinski definition) is 9. The van der Waals surface area contributed by atoms with Gasteiger partial charge in [0.25, 0.3) is 0 Å². The number of aliphatic hydroxyl groups is 3. The molecule has 0 saturated carbocycles. The van der Waals surface area contributed by atoms with Crippen LogP contribution in [0.1, 0.15) is 57.2 Å². The number of aliphatic hydroxyl groups excluding tert-OH is 3. The summed E-state index contributed by atoms with van der Waals surface area (Å²) in [6.07, 6.45) is 4.36. The molecule has 11 nitrogen and oxygen atoms in total. The van der Waals surface area contributed by atoms with Gasteiger partial charge in [0, 0.05) is 19.7 Å². The van der Waals surface area contributed by atoms with Gasteiger partial charge in [-0.3, -0.25) is 4.79 Å². The number of hydrogen-bond donors (Lipinski definition) is 4. The number of hydrazone groups is 1. The lowest BCUT2D eigenvalue weighted by atomic mass is 10.1. The first-order valence-corrected chi connectivity index (χ1v) is 11.1. The van der Waals surface area contributed by atoms with Gasteiger partial charge in [0.2, 0.25) is 5.91 Å². The second kappa shape index (κ2) is 9.49. The number of amides is 1. The summed E-state index contributed by atoms with van der Waals surface area (Å²) < 4.78 is 7.28. The number of aromatic nitrogens is 3. The third-order valence-electron chi connectivity index (χ3n) is 5.96. The predicted molar refractivity (Wildman–Crippen MR) is 117 cm³/mol. The van der Waals surface area contributed by atoms with Gasteiger partial charge < -0.3 is 29.9 Å².